The number of nitrogens with one attached hydrogen (secondary N) is 1. The van der Waals surface area contributed by atoms with Gasteiger partial charge in [-0.25, -0.2) is 0 Å². The topological polar surface area (TPSA) is 18.5 Å². The molecule has 2 aliphatic carbocycles. The average molecular weight is 296 g/mol. The maximum atomic E-state index is 3.71. The Labute approximate surface area is 132 Å². The Morgan fingerprint density at radius 1 is 0.905 bits per heavy atom. The lowest BCUT2D eigenvalue weighted by molar-refractivity contribution is 0.0158. The first-order valence-corrected chi connectivity index (χ1v) is 8.97. The van der Waals surface area contributed by atoms with Crippen LogP contribution in [0.2, 0.25) is 0 Å². The number of hydrogen-bond acceptors (Lipinski definition) is 3. The minimum atomic E-state index is 0.458. The normalized spacial score (nSPS) is 24.0. The third kappa shape index (κ3) is 4.20. The minimum Gasteiger partial charge on any atom is -0.314 e. The standard InChI is InChI=1S/C18H37N3/c1-16(2)19-13-17(9-6-7-10-17)14-21(5)15-18(20(3)4)11-8-12-18/h16,19H,6-15H2,1-5H3. The van der Waals surface area contributed by atoms with E-state index >= 15 is 0 Å². The highest BCUT2D eigenvalue weighted by molar-refractivity contribution is 4.99. The molecule has 0 aromatic carbocycles. The Hall–Kier alpha value is -0.120. The Kier molecular flexibility index (Phi) is 5.72. The molecule has 3 heteroatoms. The molecule has 0 saturated heterocycles. The van der Waals surface area contributed by atoms with Crippen LogP contribution in [0.5, 0.6) is 0 Å². The number of hydrogen-bond donors (Lipinski definition) is 1. The molecule has 0 amide bonds. The Morgan fingerprint density at radius 3 is 1.95 bits per heavy atom. The predicted octanol–water partition coefficient (Wildman–Crippen LogP) is 2.96. The van der Waals surface area contributed by atoms with Gasteiger partial charge in [0.15, 0.2) is 0 Å². The molecular weight excluding hydrogens is 258 g/mol. The molecule has 2 saturated carbocycles. The van der Waals surface area contributed by atoms with Crippen LogP contribution >= 0.6 is 0 Å². The second-order valence-electron chi connectivity index (χ2n) is 8.39. The molecule has 0 radical (unpaired) electrons. The molecule has 21 heavy (non-hydrogen) atoms. The fourth-order valence-corrected chi connectivity index (χ4v) is 4.40. The van der Waals surface area contributed by atoms with E-state index in [0.29, 0.717) is 17.0 Å². The van der Waals surface area contributed by atoms with E-state index < -0.39 is 0 Å². The second-order valence-corrected chi connectivity index (χ2v) is 8.39. The van der Waals surface area contributed by atoms with E-state index in [0.717, 1.165) is 0 Å². The predicted molar refractivity (Wildman–Crippen MR) is 91.8 cm³/mol. The first-order chi connectivity index (χ1) is 9.88. The zero-order valence-electron chi connectivity index (χ0n) is 15.0. The highest BCUT2D eigenvalue weighted by Crippen LogP contribution is 2.40. The third-order valence-corrected chi connectivity index (χ3v) is 5.95. The molecule has 1 N–H and O–H groups in total. The highest BCUT2D eigenvalue weighted by atomic mass is 15.2. The lowest BCUT2D eigenvalue weighted by atomic mass is 9.75. The summed E-state index contributed by atoms with van der Waals surface area (Å²) in [5.41, 5.74) is 0.982. The van der Waals surface area contributed by atoms with Crippen LogP contribution in [0.3, 0.4) is 0 Å². The number of nitrogens with zero attached hydrogens (tertiary/aromatic N) is 2. The molecule has 0 heterocycles. The van der Waals surface area contributed by atoms with Crippen molar-refractivity contribution in [3.63, 3.8) is 0 Å². The molecule has 0 spiro atoms. The minimum absolute atomic E-state index is 0.458. The van der Waals surface area contributed by atoms with E-state index in [1.54, 1.807) is 0 Å². The quantitative estimate of drug-likeness (QED) is 0.743. The van der Waals surface area contributed by atoms with Crippen LogP contribution in [0, 0.1) is 5.41 Å². The molecular formula is C18H37N3. The highest BCUT2D eigenvalue weighted by Gasteiger charge is 2.42. The summed E-state index contributed by atoms with van der Waals surface area (Å²) < 4.78 is 0. The van der Waals surface area contributed by atoms with E-state index in [1.807, 2.05) is 0 Å². The lowest BCUT2D eigenvalue weighted by Crippen LogP contribution is -2.58. The van der Waals surface area contributed by atoms with Crippen LogP contribution in [0.1, 0.15) is 58.8 Å². The van der Waals surface area contributed by atoms with Gasteiger partial charge in [0, 0.05) is 31.2 Å². The van der Waals surface area contributed by atoms with Crippen LogP contribution in [-0.2, 0) is 0 Å². The Bertz CT molecular complexity index is 314. The second kappa shape index (κ2) is 6.97. The van der Waals surface area contributed by atoms with Crippen LogP contribution in [-0.4, -0.2) is 62.2 Å². The van der Waals surface area contributed by atoms with E-state index in [4.69, 9.17) is 0 Å². The van der Waals surface area contributed by atoms with Gasteiger partial charge in [0.05, 0.1) is 0 Å². The van der Waals surface area contributed by atoms with E-state index in [1.165, 1.54) is 64.6 Å². The SMILES string of the molecule is CC(C)NCC1(CN(C)CC2(N(C)C)CCC2)CCCC1. The van der Waals surface area contributed by atoms with Gasteiger partial charge in [-0.1, -0.05) is 26.7 Å². The van der Waals surface area contributed by atoms with Crippen LogP contribution in [0.25, 0.3) is 0 Å². The first kappa shape index (κ1) is 17.2. The van der Waals surface area contributed by atoms with Crippen molar-refractivity contribution >= 4 is 0 Å². The molecule has 0 atom stereocenters. The monoisotopic (exact) mass is 295 g/mol. The van der Waals surface area contributed by atoms with Crippen molar-refractivity contribution in [1.29, 1.82) is 0 Å². The van der Waals surface area contributed by atoms with Gasteiger partial charge in [-0.15, -0.1) is 0 Å². The molecule has 0 aromatic rings. The zero-order chi connectivity index (χ0) is 15.5. The van der Waals surface area contributed by atoms with Gasteiger partial charge in [-0.2, -0.15) is 0 Å². The van der Waals surface area contributed by atoms with Crippen molar-refractivity contribution in [2.24, 2.45) is 5.41 Å². The van der Waals surface area contributed by atoms with Gasteiger partial charge in [0.25, 0.3) is 0 Å². The van der Waals surface area contributed by atoms with Crippen molar-refractivity contribution in [2.75, 3.05) is 40.8 Å². The van der Waals surface area contributed by atoms with Crippen molar-refractivity contribution in [1.82, 2.24) is 15.1 Å². The largest absolute Gasteiger partial charge is 0.314 e. The smallest absolute Gasteiger partial charge is 0.0330 e. The van der Waals surface area contributed by atoms with Gasteiger partial charge in [-0.05, 0) is 58.7 Å². The fraction of sp³-hybridized carbons (Fsp3) is 1.00. The molecule has 2 aliphatic rings. The third-order valence-electron chi connectivity index (χ3n) is 5.95. The zero-order valence-corrected chi connectivity index (χ0v) is 15.0. The lowest BCUT2D eigenvalue weighted by Gasteiger charge is -2.50. The summed E-state index contributed by atoms with van der Waals surface area (Å²) in [7, 11) is 6.87. The van der Waals surface area contributed by atoms with Gasteiger partial charge >= 0.3 is 0 Å². The van der Waals surface area contributed by atoms with Gasteiger partial charge in [-0.3, -0.25) is 0 Å². The summed E-state index contributed by atoms with van der Waals surface area (Å²) in [5.74, 6) is 0. The average Bonchev–Trinajstić information content (AvgIpc) is 2.80. The van der Waals surface area contributed by atoms with E-state index in [2.05, 4.69) is 50.1 Å². The molecule has 0 aromatic heterocycles. The molecule has 2 rings (SSSR count). The molecule has 124 valence electrons. The van der Waals surface area contributed by atoms with Crippen LogP contribution < -0.4 is 5.32 Å². The molecule has 0 unspecified atom stereocenters. The molecule has 0 bridgehead atoms. The summed E-state index contributed by atoms with van der Waals surface area (Å²) in [5, 5.41) is 3.71. The van der Waals surface area contributed by atoms with Gasteiger partial charge in [0.1, 0.15) is 0 Å². The summed E-state index contributed by atoms with van der Waals surface area (Å²) >= 11 is 0. The van der Waals surface area contributed by atoms with Crippen molar-refractivity contribution in [3.8, 4) is 0 Å². The summed E-state index contributed by atoms with van der Waals surface area (Å²) in [6.07, 6.45) is 9.83. The summed E-state index contributed by atoms with van der Waals surface area (Å²) in [6, 6.07) is 0.604. The maximum Gasteiger partial charge on any atom is 0.0330 e. The Balaban J connectivity index is 1.90. The van der Waals surface area contributed by atoms with Crippen LogP contribution in [0.4, 0.5) is 0 Å². The van der Waals surface area contributed by atoms with Gasteiger partial charge in [0.2, 0.25) is 0 Å². The van der Waals surface area contributed by atoms with E-state index in [9.17, 15) is 0 Å². The van der Waals surface area contributed by atoms with Crippen LogP contribution in [0.15, 0.2) is 0 Å². The first-order valence-electron chi connectivity index (χ1n) is 8.97. The molecule has 3 nitrogen and oxygen atoms in total. The van der Waals surface area contributed by atoms with E-state index in [-0.39, 0.29) is 0 Å². The van der Waals surface area contributed by atoms with Crippen molar-refractivity contribution < 1.29 is 0 Å². The number of likely N-dealkylation sites (N-methyl/N-ethyl adjacent to an activating group) is 2. The Morgan fingerprint density at radius 2 is 1.52 bits per heavy atom. The van der Waals surface area contributed by atoms with Crippen molar-refractivity contribution in [2.45, 2.75) is 70.4 Å². The molecule has 0 aliphatic heterocycles. The molecule has 2 fully saturated rings. The maximum absolute atomic E-state index is 3.71. The summed E-state index contributed by atoms with van der Waals surface area (Å²) in [6.45, 7) is 8.24. The van der Waals surface area contributed by atoms with Crippen molar-refractivity contribution in [3.05, 3.63) is 0 Å². The fourth-order valence-electron chi connectivity index (χ4n) is 4.40. The number of rotatable bonds is 8. The summed E-state index contributed by atoms with van der Waals surface area (Å²) in [4.78, 5) is 5.10. The van der Waals surface area contributed by atoms with Gasteiger partial charge < -0.3 is 15.1 Å².